The zero-order chi connectivity index (χ0) is 22.0. The van der Waals surface area contributed by atoms with Crippen LogP contribution in [-0.4, -0.2) is 30.0 Å². The first kappa shape index (κ1) is 21.1. The van der Waals surface area contributed by atoms with E-state index in [1.165, 1.54) is 12.1 Å². The molecule has 0 saturated carbocycles. The highest BCUT2D eigenvalue weighted by Crippen LogP contribution is 2.29. The summed E-state index contributed by atoms with van der Waals surface area (Å²) < 4.78 is 37.9. The van der Waals surface area contributed by atoms with Gasteiger partial charge in [-0.05, 0) is 60.9 Å². The lowest BCUT2D eigenvalue weighted by Gasteiger charge is -2.17. The molecule has 4 rings (SSSR count). The van der Waals surface area contributed by atoms with Crippen LogP contribution in [-0.2, 0) is 17.4 Å². The summed E-state index contributed by atoms with van der Waals surface area (Å²) in [5.41, 5.74) is 7.45. The van der Waals surface area contributed by atoms with Gasteiger partial charge in [-0.1, -0.05) is 12.1 Å². The third kappa shape index (κ3) is 5.14. The molecule has 1 saturated heterocycles. The fourth-order valence-corrected chi connectivity index (χ4v) is 3.71. The van der Waals surface area contributed by atoms with Crippen molar-refractivity contribution in [1.29, 1.82) is 0 Å². The molecule has 2 heterocycles. The maximum absolute atomic E-state index is 12.6. The van der Waals surface area contributed by atoms with Crippen LogP contribution >= 0.6 is 0 Å². The van der Waals surface area contributed by atoms with E-state index < -0.39 is 11.7 Å². The van der Waals surface area contributed by atoms with E-state index in [9.17, 15) is 18.0 Å². The number of pyridine rings is 1. The van der Waals surface area contributed by atoms with Crippen LogP contribution in [0.1, 0.15) is 24.0 Å². The quantitative estimate of drug-likeness (QED) is 0.633. The van der Waals surface area contributed by atoms with Crippen LogP contribution in [0.15, 0.2) is 54.6 Å². The van der Waals surface area contributed by atoms with Gasteiger partial charge in [0.25, 0.3) is 0 Å². The average molecular weight is 428 g/mol. The Bertz CT molecular complexity index is 1080. The third-order valence-corrected chi connectivity index (χ3v) is 5.43. The molecule has 3 N–H and O–H groups in total. The smallest absolute Gasteiger partial charge is 0.355 e. The Hall–Kier alpha value is -3.13. The van der Waals surface area contributed by atoms with Crippen molar-refractivity contribution in [3.8, 4) is 0 Å². The first-order valence-corrected chi connectivity index (χ1v) is 10.2. The van der Waals surface area contributed by atoms with Crippen molar-refractivity contribution in [2.75, 3.05) is 23.3 Å². The highest BCUT2D eigenvalue weighted by atomic mass is 19.4. The van der Waals surface area contributed by atoms with E-state index in [0.717, 1.165) is 48.4 Å². The van der Waals surface area contributed by atoms with Crippen molar-refractivity contribution in [1.82, 2.24) is 4.98 Å². The van der Waals surface area contributed by atoms with E-state index >= 15 is 0 Å². The van der Waals surface area contributed by atoms with Gasteiger partial charge < -0.3 is 16.0 Å². The van der Waals surface area contributed by atoms with Gasteiger partial charge in [0.2, 0.25) is 5.91 Å². The van der Waals surface area contributed by atoms with Crippen molar-refractivity contribution in [2.24, 2.45) is 5.73 Å². The van der Waals surface area contributed by atoms with Crippen LogP contribution in [0.3, 0.4) is 0 Å². The highest BCUT2D eigenvalue weighted by Gasteiger charge is 2.29. The minimum absolute atomic E-state index is 0.176. The zero-order valence-corrected chi connectivity index (χ0v) is 16.8. The average Bonchev–Trinajstić information content (AvgIpc) is 3.18. The van der Waals surface area contributed by atoms with Gasteiger partial charge in [-0.2, -0.15) is 13.2 Å². The molecule has 0 aliphatic carbocycles. The Morgan fingerprint density at radius 3 is 2.58 bits per heavy atom. The summed E-state index contributed by atoms with van der Waals surface area (Å²) >= 11 is 0. The van der Waals surface area contributed by atoms with Crippen LogP contribution in [0, 0.1) is 0 Å². The van der Waals surface area contributed by atoms with Gasteiger partial charge in [-0.3, -0.25) is 4.79 Å². The number of fused-ring (bicyclic) bond motifs is 1. The Morgan fingerprint density at radius 2 is 1.90 bits per heavy atom. The minimum atomic E-state index is -4.36. The standard InChI is InChI=1S/C23H23F3N4O/c24-23(25,26)17-5-1-15(2-6-17)3-10-22(31)28-19-7-8-20-16(13-19)4-9-21(29-20)30-12-11-18(27)14-30/h1-2,4-9,13,18H,3,10-12,14,27H2,(H,28,31)/t18-/m1/s1. The number of benzene rings is 2. The molecule has 1 atom stereocenters. The third-order valence-electron chi connectivity index (χ3n) is 5.43. The SMILES string of the molecule is N[C@@H]1CCN(c2ccc3cc(NC(=O)CCc4ccc(C(F)(F)F)cc4)ccc3n2)C1. The van der Waals surface area contributed by atoms with Crippen molar-refractivity contribution < 1.29 is 18.0 Å². The minimum Gasteiger partial charge on any atom is -0.355 e. The first-order chi connectivity index (χ1) is 14.8. The van der Waals surface area contributed by atoms with E-state index in [0.29, 0.717) is 17.7 Å². The number of carbonyl (C=O) groups is 1. The summed E-state index contributed by atoms with van der Waals surface area (Å²) in [6.45, 7) is 1.69. The number of aromatic nitrogens is 1. The highest BCUT2D eigenvalue weighted by molar-refractivity contribution is 5.94. The number of halogens is 3. The normalized spacial score (nSPS) is 16.6. The van der Waals surface area contributed by atoms with Gasteiger partial charge in [-0.15, -0.1) is 0 Å². The van der Waals surface area contributed by atoms with E-state index in [1.807, 2.05) is 24.3 Å². The number of nitrogens with one attached hydrogen (secondary N) is 1. The van der Waals surface area contributed by atoms with E-state index in [-0.39, 0.29) is 18.4 Å². The number of amides is 1. The molecule has 5 nitrogen and oxygen atoms in total. The van der Waals surface area contributed by atoms with Crippen molar-refractivity contribution in [3.05, 3.63) is 65.7 Å². The number of alkyl halides is 3. The van der Waals surface area contributed by atoms with Gasteiger partial charge in [0.15, 0.2) is 0 Å². The molecule has 3 aromatic rings. The molecule has 0 spiro atoms. The number of nitrogens with zero attached hydrogens (tertiary/aromatic N) is 2. The second-order valence-corrected chi connectivity index (χ2v) is 7.81. The Kier molecular flexibility index (Phi) is 5.82. The van der Waals surface area contributed by atoms with Crippen LogP contribution in [0.5, 0.6) is 0 Å². The molecule has 0 radical (unpaired) electrons. The molecular weight excluding hydrogens is 405 g/mol. The number of anilines is 2. The first-order valence-electron chi connectivity index (χ1n) is 10.2. The molecule has 1 amide bonds. The van der Waals surface area contributed by atoms with Crippen molar-refractivity contribution in [2.45, 2.75) is 31.5 Å². The second kappa shape index (κ2) is 8.55. The number of hydrogen-bond acceptors (Lipinski definition) is 4. The lowest BCUT2D eigenvalue weighted by molar-refractivity contribution is -0.137. The molecule has 1 fully saturated rings. The lowest BCUT2D eigenvalue weighted by Crippen LogP contribution is -2.26. The fourth-order valence-electron chi connectivity index (χ4n) is 3.71. The molecule has 8 heteroatoms. The molecule has 162 valence electrons. The van der Waals surface area contributed by atoms with Gasteiger partial charge >= 0.3 is 6.18 Å². The molecule has 1 aromatic heterocycles. The number of nitrogens with two attached hydrogens (primary N) is 1. The summed E-state index contributed by atoms with van der Waals surface area (Å²) in [4.78, 5) is 19.1. The summed E-state index contributed by atoms with van der Waals surface area (Å²) in [6, 6.07) is 14.5. The maximum atomic E-state index is 12.6. The van der Waals surface area contributed by atoms with E-state index in [4.69, 9.17) is 5.73 Å². The van der Waals surface area contributed by atoms with E-state index in [1.54, 1.807) is 6.07 Å². The summed E-state index contributed by atoms with van der Waals surface area (Å²) in [7, 11) is 0. The van der Waals surface area contributed by atoms with Crippen molar-refractivity contribution >= 4 is 28.3 Å². The van der Waals surface area contributed by atoms with Crippen LogP contribution in [0.25, 0.3) is 10.9 Å². The molecule has 1 aliphatic rings. The number of hydrogen-bond donors (Lipinski definition) is 2. The molecule has 0 unspecified atom stereocenters. The Labute approximate surface area is 178 Å². The van der Waals surface area contributed by atoms with Gasteiger partial charge in [0.1, 0.15) is 5.82 Å². The zero-order valence-electron chi connectivity index (χ0n) is 16.8. The number of aryl methyl sites for hydroxylation is 1. The number of carbonyl (C=O) groups excluding carboxylic acids is 1. The molecular formula is C23H23F3N4O. The van der Waals surface area contributed by atoms with Crippen LogP contribution in [0.4, 0.5) is 24.7 Å². The molecule has 0 bridgehead atoms. The number of rotatable bonds is 5. The second-order valence-electron chi connectivity index (χ2n) is 7.81. The summed E-state index contributed by atoms with van der Waals surface area (Å²) in [5, 5.41) is 3.75. The van der Waals surface area contributed by atoms with Gasteiger partial charge in [0.05, 0.1) is 11.1 Å². The van der Waals surface area contributed by atoms with Crippen LogP contribution < -0.4 is 16.0 Å². The van der Waals surface area contributed by atoms with Gasteiger partial charge in [0, 0.05) is 36.6 Å². The Balaban J connectivity index is 1.36. The van der Waals surface area contributed by atoms with Gasteiger partial charge in [-0.25, -0.2) is 4.98 Å². The molecule has 31 heavy (non-hydrogen) atoms. The molecule has 2 aromatic carbocycles. The summed E-state index contributed by atoms with van der Waals surface area (Å²) in [6.07, 6.45) is -2.86. The fraction of sp³-hybridized carbons (Fsp3) is 0.304. The lowest BCUT2D eigenvalue weighted by atomic mass is 10.1. The van der Waals surface area contributed by atoms with Crippen molar-refractivity contribution in [3.63, 3.8) is 0 Å². The van der Waals surface area contributed by atoms with E-state index in [2.05, 4.69) is 15.2 Å². The Morgan fingerprint density at radius 1 is 1.13 bits per heavy atom. The predicted molar refractivity (Wildman–Crippen MR) is 115 cm³/mol. The monoisotopic (exact) mass is 428 g/mol. The molecule has 1 aliphatic heterocycles. The maximum Gasteiger partial charge on any atom is 0.416 e. The predicted octanol–water partition coefficient (Wildman–Crippen LogP) is 4.36. The van der Waals surface area contributed by atoms with Crippen LogP contribution in [0.2, 0.25) is 0 Å². The summed E-state index contributed by atoms with van der Waals surface area (Å²) in [5.74, 6) is 0.698. The topological polar surface area (TPSA) is 71.2 Å². The largest absolute Gasteiger partial charge is 0.416 e.